The molecule has 2 aromatic carbocycles. The maximum atomic E-state index is 13.1. The summed E-state index contributed by atoms with van der Waals surface area (Å²) in [4.78, 5) is 19.5. The van der Waals surface area contributed by atoms with Gasteiger partial charge in [0.15, 0.2) is 11.5 Å². The zero-order valence-corrected chi connectivity index (χ0v) is 19.3. The fourth-order valence-electron chi connectivity index (χ4n) is 4.53. The van der Waals surface area contributed by atoms with Crippen LogP contribution in [0.15, 0.2) is 36.4 Å². The smallest absolute Gasteiger partial charge is 0.237 e. The standard InChI is InChI=1S/C25H33N3O4/c1-26(16-20-6-4-5-7-22(20)27-10-12-32-13-11-27)18-25(29)28-9-8-19-14-23(30-2)24(31-3)15-21(19)17-28/h4-7,14-15H,8-13,16-18H2,1-3H3. The van der Waals surface area contributed by atoms with Crippen molar-refractivity contribution < 1.29 is 19.0 Å². The first kappa shape index (κ1) is 22.4. The number of hydrogen-bond acceptors (Lipinski definition) is 6. The highest BCUT2D eigenvalue weighted by molar-refractivity contribution is 5.78. The number of rotatable bonds is 7. The normalized spacial score (nSPS) is 16.1. The van der Waals surface area contributed by atoms with E-state index in [1.54, 1.807) is 14.2 Å². The zero-order chi connectivity index (χ0) is 22.5. The van der Waals surface area contributed by atoms with Crippen LogP contribution in [-0.4, -0.2) is 76.4 Å². The van der Waals surface area contributed by atoms with Crippen LogP contribution in [0.2, 0.25) is 0 Å². The lowest BCUT2D eigenvalue weighted by atomic mass is 9.98. The second-order valence-corrected chi connectivity index (χ2v) is 8.44. The molecule has 2 aliphatic rings. The summed E-state index contributed by atoms with van der Waals surface area (Å²) >= 11 is 0. The van der Waals surface area contributed by atoms with Crippen molar-refractivity contribution in [2.45, 2.75) is 19.5 Å². The highest BCUT2D eigenvalue weighted by Crippen LogP contribution is 2.33. The van der Waals surface area contributed by atoms with Crippen molar-refractivity contribution in [2.24, 2.45) is 0 Å². The maximum Gasteiger partial charge on any atom is 0.237 e. The Balaban J connectivity index is 1.39. The van der Waals surface area contributed by atoms with Crippen LogP contribution >= 0.6 is 0 Å². The molecule has 2 aromatic rings. The molecule has 4 rings (SSSR count). The molecule has 0 unspecified atom stereocenters. The van der Waals surface area contributed by atoms with E-state index in [0.29, 0.717) is 18.8 Å². The summed E-state index contributed by atoms with van der Waals surface area (Å²) in [5, 5.41) is 0. The van der Waals surface area contributed by atoms with E-state index in [4.69, 9.17) is 14.2 Å². The molecule has 1 amide bonds. The molecule has 0 radical (unpaired) electrons. The van der Waals surface area contributed by atoms with Crippen molar-refractivity contribution in [1.29, 1.82) is 0 Å². The summed E-state index contributed by atoms with van der Waals surface area (Å²) in [5.41, 5.74) is 4.83. The van der Waals surface area contributed by atoms with E-state index in [1.165, 1.54) is 16.8 Å². The number of carbonyl (C=O) groups is 1. The van der Waals surface area contributed by atoms with Crippen molar-refractivity contribution in [3.05, 3.63) is 53.1 Å². The van der Waals surface area contributed by atoms with Crippen LogP contribution in [0.25, 0.3) is 0 Å². The third-order valence-electron chi connectivity index (χ3n) is 6.26. The molecule has 0 atom stereocenters. The van der Waals surface area contributed by atoms with Crippen LogP contribution in [0.4, 0.5) is 5.69 Å². The third kappa shape index (κ3) is 5.00. The van der Waals surface area contributed by atoms with Gasteiger partial charge in [0, 0.05) is 38.4 Å². The molecule has 2 aliphatic heterocycles. The van der Waals surface area contributed by atoms with Gasteiger partial charge in [0.25, 0.3) is 0 Å². The molecule has 0 saturated carbocycles. The largest absolute Gasteiger partial charge is 0.493 e. The second kappa shape index (κ2) is 10.2. The van der Waals surface area contributed by atoms with Crippen molar-refractivity contribution in [2.75, 3.05) is 65.6 Å². The predicted molar refractivity (Wildman–Crippen MR) is 124 cm³/mol. The number of ether oxygens (including phenoxy) is 3. The van der Waals surface area contributed by atoms with Gasteiger partial charge in [-0.05, 0) is 48.4 Å². The Morgan fingerprint density at radius 2 is 1.72 bits per heavy atom. The molecular formula is C25H33N3O4. The highest BCUT2D eigenvalue weighted by Gasteiger charge is 2.24. The Morgan fingerprint density at radius 1 is 1.03 bits per heavy atom. The van der Waals surface area contributed by atoms with Gasteiger partial charge in [0.05, 0.1) is 34.0 Å². The van der Waals surface area contributed by atoms with Crippen LogP contribution in [0.1, 0.15) is 16.7 Å². The number of anilines is 1. The molecule has 32 heavy (non-hydrogen) atoms. The summed E-state index contributed by atoms with van der Waals surface area (Å²) in [7, 11) is 5.30. The Hall–Kier alpha value is -2.77. The molecule has 2 heterocycles. The maximum absolute atomic E-state index is 13.1. The van der Waals surface area contributed by atoms with Gasteiger partial charge in [0.1, 0.15) is 0 Å². The predicted octanol–water partition coefficient (Wildman–Crippen LogP) is 2.56. The number of methoxy groups -OCH3 is 2. The molecule has 0 aromatic heterocycles. The van der Waals surface area contributed by atoms with Crippen LogP contribution in [0.3, 0.4) is 0 Å². The topological polar surface area (TPSA) is 54.5 Å². The van der Waals surface area contributed by atoms with Crippen molar-refractivity contribution in [1.82, 2.24) is 9.80 Å². The molecule has 7 nitrogen and oxygen atoms in total. The summed E-state index contributed by atoms with van der Waals surface area (Å²) in [6.07, 6.45) is 0.824. The number of hydrogen-bond donors (Lipinski definition) is 0. The lowest BCUT2D eigenvalue weighted by Crippen LogP contribution is -2.42. The Bertz CT molecular complexity index is 943. The first-order valence-corrected chi connectivity index (χ1v) is 11.2. The monoisotopic (exact) mass is 439 g/mol. The van der Waals surface area contributed by atoms with Crippen LogP contribution in [-0.2, 0) is 29.0 Å². The third-order valence-corrected chi connectivity index (χ3v) is 6.26. The Kier molecular flexibility index (Phi) is 7.17. The molecule has 1 saturated heterocycles. The van der Waals surface area contributed by atoms with E-state index in [1.807, 2.05) is 24.1 Å². The molecule has 172 valence electrons. The first-order chi connectivity index (χ1) is 15.6. The van der Waals surface area contributed by atoms with Crippen LogP contribution in [0, 0.1) is 0 Å². The van der Waals surface area contributed by atoms with Gasteiger partial charge >= 0.3 is 0 Å². The SMILES string of the molecule is COc1cc2c(cc1OC)CN(C(=O)CN(C)Cc1ccccc1N1CCOCC1)CC2. The fraction of sp³-hybridized carbons (Fsp3) is 0.480. The number of para-hydroxylation sites is 1. The summed E-state index contributed by atoms with van der Waals surface area (Å²) in [6, 6.07) is 12.5. The molecule has 0 spiro atoms. The number of carbonyl (C=O) groups excluding carboxylic acids is 1. The number of nitrogens with zero attached hydrogens (tertiary/aromatic N) is 3. The van der Waals surface area contributed by atoms with E-state index in [9.17, 15) is 4.79 Å². The fourth-order valence-corrected chi connectivity index (χ4v) is 4.53. The van der Waals surface area contributed by atoms with E-state index in [-0.39, 0.29) is 5.91 Å². The number of fused-ring (bicyclic) bond motifs is 1. The highest BCUT2D eigenvalue weighted by atomic mass is 16.5. The minimum atomic E-state index is 0.150. The van der Waals surface area contributed by atoms with Gasteiger partial charge in [-0.25, -0.2) is 0 Å². The summed E-state index contributed by atoms with van der Waals surface area (Å²) < 4.78 is 16.4. The average molecular weight is 440 g/mol. The second-order valence-electron chi connectivity index (χ2n) is 8.44. The zero-order valence-electron chi connectivity index (χ0n) is 19.3. The van der Waals surface area contributed by atoms with E-state index in [0.717, 1.165) is 57.1 Å². The van der Waals surface area contributed by atoms with Gasteiger partial charge in [0.2, 0.25) is 5.91 Å². The van der Waals surface area contributed by atoms with E-state index in [2.05, 4.69) is 34.1 Å². The summed E-state index contributed by atoms with van der Waals surface area (Å²) in [6.45, 7) is 5.77. The van der Waals surface area contributed by atoms with E-state index < -0.39 is 0 Å². The molecular weight excluding hydrogens is 406 g/mol. The molecule has 7 heteroatoms. The Morgan fingerprint density at radius 3 is 2.44 bits per heavy atom. The molecule has 0 N–H and O–H groups in total. The molecule has 0 aliphatic carbocycles. The number of morpholine rings is 1. The van der Waals surface area contributed by atoms with Crippen molar-refractivity contribution >= 4 is 11.6 Å². The Labute approximate surface area is 190 Å². The quantitative estimate of drug-likeness (QED) is 0.661. The van der Waals surface area contributed by atoms with Crippen molar-refractivity contribution in [3.8, 4) is 11.5 Å². The lowest BCUT2D eigenvalue weighted by molar-refractivity contribution is -0.133. The van der Waals surface area contributed by atoms with E-state index >= 15 is 0 Å². The minimum absolute atomic E-state index is 0.150. The van der Waals surface area contributed by atoms with Gasteiger partial charge in [-0.2, -0.15) is 0 Å². The van der Waals surface area contributed by atoms with Crippen LogP contribution in [0.5, 0.6) is 11.5 Å². The molecule has 0 bridgehead atoms. The number of amides is 1. The van der Waals surface area contributed by atoms with Gasteiger partial charge in [-0.1, -0.05) is 18.2 Å². The first-order valence-electron chi connectivity index (χ1n) is 11.2. The lowest BCUT2D eigenvalue weighted by Gasteiger charge is -2.32. The van der Waals surface area contributed by atoms with Gasteiger partial charge in [-0.3, -0.25) is 9.69 Å². The minimum Gasteiger partial charge on any atom is -0.493 e. The number of benzene rings is 2. The molecule has 1 fully saturated rings. The number of likely N-dealkylation sites (N-methyl/N-ethyl adjacent to an activating group) is 1. The van der Waals surface area contributed by atoms with Crippen molar-refractivity contribution in [3.63, 3.8) is 0 Å². The van der Waals surface area contributed by atoms with Crippen LogP contribution < -0.4 is 14.4 Å². The summed E-state index contributed by atoms with van der Waals surface area (Å²) in [5.74, 6) is 1.60. The van der Waals surface area contributed by atoms with Gasteiger partial charge < -0.3 is 24.0 Å². The average Bonchev–Trinajstić information content (AvgIpc) is 2.83. The van der Waals surface area contributed by atoms with Gasteiger partial charge in [-0.15, -0.1) is 0 Å².